The zero-order chi connectivity index (χ0) is 24.0. The molecule has 0 spiro atoms. The highest BCUT2D eigenvalue weighted by Gasteiger charge is 2.48. The number of carbonyl (C=O) groups is 2. The number of phenolic OH excluding ortho intramolecular Hbond substituents is 1. The Morgan fingerprint density at radius 2 is 1.74 bits per heavy atom. The number of fused-ring (bicyclic) bond motifs is 1. The van der Waals surface area contributed by atoms with Crippen LogP contribution in [0.4, 0.5) is 5.13 Å². The van der Waals surface area contributed by atoms with Crippen LogP contribution in [-0.2, 0) is 9.59 Å². The maximum atomic E-state index is 13.3. The average Bonchev–Trinajstić information content (AvgIpc) is 3.37. The molecule has 8 heteroatoms. The van der Waals surface area contributed by atoms with Gasteiger partial charge in [-0.25, -0.2) is 4.98 Å². The topological polar surface area (TPSA) is 100.0 Å². The van der Waals surface area contributed by atoms with Crippen LogP contribution in [0.25, 0.3) is 16.0 Å². The first kappa shape index (κ1) is 21.7. The van der Waals surface area contributed by atoms with Gasteiger partial charge in [0, 0.05) is 5.56 Å². The third-order valence-corrected chi connectivity index (χ3v) is 6.79. The Morgan fingerprint density at radius 3 is 2.41 bits per heavy atom. The molecular formula is C26H20N2O5S. The van der Waals surface area contributed by atoms with Crippen molar-refractivity contribution in [3.63, 3.8) is 0 Å². The summed E-state index contributed by atoms with van der Waals surface area (Å²) >= 11 is 1.25. The molecule has 3 aromatic carbocycles. The monoisotopic (exact) mass is 472 g/mol. The number of Topliss-reactive ketones (excluding diaryl/α,β-unsaturated/α-hetero) is 1. The molecular weight excluding hydrogens is 452 g/mol. The van der Waals surface area contributed by atoms with Crippen molar-refractivity contribution in [3.8, 4) is 11.5 Å². The van der Waals surface area contributed by atoms with Gasteiger partial charge < -0.3 is 14.9 Å². The number of methoxy groups -OCH3 is 1. The molecule has 4 aromatic rings. The number of rotatable bonds is 4. The zero-order valence-electron chi connectivity index (χ0n) is 18.4. The van der Waals surface area contributed by atoms with E-state index >= 15 is 0 Å². The molecule has 7 nitrogen and oxygen atoms in total. The van der Waals surface area contributed by atoms with Crippen LogP contribution < -0.4 is 9.64 Å². The Morgan fingerprint density at radius 1 is 1.03 bits per heavy atom. The third kappa shape index (κ3) is 3.58. The molecule has 34 heavy (non-hydrogen) atoms. The first-order chi connectivity index (χ1) is 16.4. The average molecular weight is 473 g/mol. The summed E-state index contributed by atoms with van der Waals surface area (Å²) < 4.78 is 6.07. The number of benzene rings is 3. The fraction of sp³-hybridized carbons (Fsp3) is 0.115. The Kier molecular flexibility index (Phi) is 5.30. The molecule has 0 saturated carbocycles. The molecule has 1 aliphatic rings. The van der Waals surface area contributed by atoms with E-state index < -0.39 is 17.7 Å². The van der Waals surface area contributed by atoms with Crippen LogP contribution in [0.2, 0.25) is 0 Å². The van der Waals surface area contributed by atoms with E-state index in [-0.39, 0.29) is 17.1 Å². The number of aromatic nitrogens is 1. The predicted octanol–water partition coefficient (Wildman–Crippen LogP) is 4.95. The summed E-state index contributed by atoms with van der Waals surface area (Å²) in [5.74, 6) is -1.14. The molecule has 1 saturated heterocycles. The van der Waals surface area contributed by atoms with Crippen molar-refractivity contribution in [2.75, 3.05) is 12.0 Å². The number of hydrogen-bond donors (Lipinski definition) is 2. The van der Waals surface area contributed by atoms with Crippen LogP contribution in [0.1, 0.15) is 22.7 Å². The third-order valence-electron chi connectivity index (χ3n) is 5.77. The van der Waals surface area contributed by atoms with Crippen molar-refractivity contribution >= 4 is 44.1 Å². The summed E-state index contributed by atoms with van der Waals surface area (Å²) in [6, 6.07) is 17.7. The minimum absolute atomic E-state index is 0.0311. The number of amides is 1. The highest BCUT2D eigenvalue weighted by Crippen LogP contribution is 2.44. The number of aliphatic hydroxyl groups is 1. The number of nitrogens with zero attached hydrogens (tertiary/aromatic N) is 2. The fourth-order valence-corrected chi connectivity index (χ4v) is 5.01. The quantitative estimate of drug-likeness (QED) is 0.248. The fourth-order valence-electron chi connectivity index (χ4n) is 3.99. The molecule has 1 aliphatic heterocycles. The van der Waals surface area contributed by atoms with Crippen molar-refractivity contribution in [2.24, 2.45) is 0 Å². The number of aromatic hydroxyl groups is 1. The molecule has 0 aliphatic carbocycles. The number of thiazole rings is 1. The number of ether oxygens (including phenoxy) is 1. The van der Waals surface area contributed by atoms with E-state index in [1.807, 2.05) is 25.1 Å². The number of phenols is 1. The Labute approximate surface area is 199 Å². The number of carbonyl (C=O) groups excluding carboxylic acids is 2. The predicted molar refractivity (Wildman–Crippen MR) is 130 cm³/mol. The zero-order valence-corrected chi connectivity index (χ0v) is 19.2. The Hall–Kier alpha value is -4.17. The maximum Gasteiger partial charge on any atom is 0.301 e. The minimum atomic E-state index is -0.913. The van der Waals surface area contributed by atoms with Gasteiger partial charge in [0.25, 0.3) is 5.78 Å². The maximum absolute atomic E-state index is 13.3. The second kappa shape index (κ2) is 8.31. The minimum Gasteiger partial charge on any atom is -0.508 e. The molecule has 1 aromatic heterocycles. The van der Waals surface area contributed by atoms with Gasteiger partial charge >= 0.3 is 5.91 Å². The van der Waals surface area contributed by atoms with E-state index in [0.717, 1.165) is 10.3 Å². The summed E-state index contributed by atoms with van der Waals surface area (Å²) in [6.45, 7) is 1.92. The lowest BCUT2D eigenvalue weighted by molar-refractivity contribution is -0.132. The van der Waals surface area contributed by atoms with Crippen LogP contribution in [0.15, 0.2) is 72.3 Å². The van der Waals surface area contributed by atoms with E-state index in [0.29, 0.717) is 27.5 Å². The van der Waals surface area contributed by atoms with Crippen LogP contribution >= 0.6 is 11.3 Å². The highest BCUT2D eigenvalue weighted by molar-refractivity contribution is 7.22. The normalized spacial score (nSPS) is 17.5. The van der Waals surface area contributed by atoms with Crippen LogP contribution in [-0.4, -0.2) is 34.0 Å². The molecule has 0 bridgehead atoms. The molecule has 1 atom stereocenters. The van der Waals surface area contributed by atoms with Gasteiger partial charge in [-0.2, -0.15) is 0 Å². The number of aryl methyl sites for hydroxylation is 1. The van der Waals surface area contributed by atoms with Gasteiger partial charge in [-0.05, 0) is 42.8 Å². The van der Waals surface area contributed by atoms with Crippen LogP contribution in [0.5, 0.6) is 11.5 Å². The molecule has 2 heterocycles. The first-order valence-electron chi connectivity index (χ1n) is 10.5. The Bertz CT molecular complexity index is 1460. The van der Waals surface area contributed by atoms with Crippen LogP contribution in [0.3, 0.4) is 0 Å². The van der Waals surface area contributed by atoms with Gasteiger partial charge in [-0.15, -0.1) is 0 Å². The summed E-state index contributed by atoms with van der Waals surface area (Å²) in [5, 5.41) is 21.3. The molecule has 2 N–H and O–H groups in total. The van der Waals surface area contributed by atoms with Crippen molar-refractivity contribution in [1.29, 1.82) is 0 Å². The summed E-state index contributed by atoms with van der Waals surface area (Å²) in [6.07, 6.45) is 0. The summed E-state index contributed by atoms with van der Waals surface area (Å²) in [7, 11) is 1.57. The number of anilines is 1. The van der Waals surface area contributed by atoms with Gasteiger partial charge in [0.1, 0.15) is 17.3 Å². The molecule has 5 rings (SSSR count). The molecule has 170 valence electrons. The van der Waals surface area contributed by atoms with Gasteiger partial charge in [-0.1, -0.05) is 53.3 Å². The van der Waals surface area contributed by atoms with Gasteiger partial charge in [0.05, 0.1) is 28.9 Å². The number of hydrogen-bond acceptors (Lipinski definition) is 7. The lowest BCUT2D eigenvalue weighted by Crippen LogP contribution is -2.29. The second-order valence-electron chi connectivity index (χ2n) is 7.96. The van der Waals surface area contributed by atoms with E-state index in [9.17, 15) is 19.8 Å². The van der Waals surface area contributed by atoms with Gasteiger partial charge in [-0.3, -0.25) is 14.5 Å². The van der Waals surface area contributed by atoms with E-state index in [4.69, 9.17) is 4.74 Å². The lowest BCUT2D eigenvalue weighted by atomic mass is 9.95. The van der Waals surface area contributed by atoms with Crippen molar-refractivity contribution in [1.82, 2.24) is 4.98 Å². The number of aliphatic hydroxyl groups excluding tert-OH is 1. The Balaban J connectivity index is 1.71. The molecule has 1 fully saturated rings. The van der Waals surface area contributed by atoms with Crippen molar-refractivity contribution in [3.05, 3.63) is 89.0 Å². The first-order valence-corrected chi connectivity index (χ1v) is 11.3. The second-order valence-corrected chi connectivity index (χ2v) is 8.97. The largest absolute Gasteiger partial charge is 0.508 e. The standard InChI is InChI=1S/C26H20N2O5S/c1-14-3-5-16(6-4-14)23(30)21-22(15-7-9-17(29)10-8-15)28(25(32)24(21)31)26-27-19-12-11-18(33-2)13-20(19)34-26/h3-13,22,29-30H,1-2H3/b23-21+. The van der Waals surface area contributed by atoms with Gasteiger partial charge in [0.2, 0.25) is 0 Å². The van der Waals surface area contributed by atoms with Crippen LogP contribution in [0, 0.1) is 6.92 Å². The van der Waals surface area contributed by atoms with E-state index in [1.165, 1.54) is 28.4 Å². The number of ketones is 1. The summed E-state index contributed by atoms with van der Waals surface area (Å²) in [4.78, 5) is 32.4. The van der Waals surface area contributed by atoms with E-state index in [2.05, 4.69) is 4.98 Å². The molecule has 1 amide bonds. The van der Waals surface area contributed by atoms with E-state index in [1.54, 1.807) is 43.5 Å². The van der Waals surface area contributed by atoms with Gasteiger partial charge in [0.15, 0.2) is 5.13 Å². The van der Waals surface area contributed by atoms with Crippen molar-refractivity contribution < 1.29 is 24.5 Å². The SMILES string of the molecule is COc1ccc2nc(N3C(=O)C(=O)/C(=C(/O)c4ccc(C)cc4)C3c3ccc(O)cc3)sc2c1. The van der Waals surface area contributed by atoms with Crippen molar-refractivity contribution in [2.45, 2.75) is 13.0 Å². The highest BCUT2D eigenvalue weighted by atomic mass is 32.1. The molecule has 1 unspecified atom stereocenters. The molecule has 0 radical (unpaired) electrons. The smallest absolute Gasteiger partial charge is 0.301 e. The summed E-state index contributed by atoms with van der Waals surface area (Å²) in [5.41, 5.74) is 2.61. The lowest BCUT2D eigenvalue weighted by Gasteiger charge is -2.23.